The van der Waals surface area contributed by atoms with Crippen LogP contribution in [0.4, 0.5) is 0 Å². The summed E-state index contributed by atoms with van der Waals surface area (Å²) in [6.07, 6.45) is 1.69. The van der Waals surface area contributed by atoms with Crippen LogP contribution in [0.15, 0.2) is 43.0 Å². The smallest absolute Gasteiger partial charge is 0.379 e. The van der Waals surface area contributed by atoms with E-state index in [0.717, 1.165) is 0 Å². The van der Waals surface area contributed by atoms with Gasteiger partial charge in [0.2, 0.25) is 0 Å². The molecule has 0 saturated carbocycles. The van der Waals surface area contributed by atoms with Gasteiger partial charge in [-0.05, 0) is 0 Å². The Morgan fingerprint density at radius 3 is 1.81 bits per heavy atom. The van der Waals surface area contributed by atoms with Crippen molar-refractivity contribution in [3.63, 3.8) is 0 Å². The first-order chi connectivity index (χ1) is 12.8. The van der Waals surface area contributed by atoms with Gasteiger partial charge in [-0.2, -0.15) is 0 Å². The Morgan fingerprint density at radius 2 is 1.27 bits per heavy atom. The number of benzene rings is 1. The summed E-state index contributed by atoms with van der Waals surface area (Å²) in [5, 5.41) is 0. The highest BCUT2D eigenvalue weighted by molar-refractivity contribution is 6.40. The predicted octanol–water partition coefficient (Wildman–Crippen LogP) is 1.66. The SMILES string of the molecule is C=CCOCCOCCOCCOCCOC(=O)C(=O)c1ccccc1. The summed E-state index contributed by atoms with van der Waals surface area (Å²) in [7, 11) is 0. The molecule has 0 heterocycles. The lowest BCUT2D eigenvalue weighted by Gasteiger charge is -2.07. The van der Waals surface area contributed by atoms with E-state index in [1.165, 1.54) is 0 Å². The first kappa shape index (κ1) is 22.0. The van der Waals surface area contributed by atoms with Gasteiger partial charge in [-0.25, -0.2) is 4.79 Å². The van der Waals surface area contributed by atoms with Gasteiger partial charge in [-0.3, -0.25) is 4.79 Å². The third kappa shape index (κ3) is 10.7. The fraction of sp³-hybridized carbons (Fsp3) is 0.474. The minimum Gasteiger partial charge on any atom is -0.457 e. The van der Waals surface area contributed by atoms with Crippen molar-refractivity contribution in [3.8, 4) is 0 Å². The van der Waals surface area contributed by atoms with Gasteiger partial charge in [-0.1, -0.05) is 36.4 Å². The molecule has 0 radical (unpaired) electrons. The van der Waals surface area contributed by atoms with E-state index < -0.39 is 11.8 Å². The predicted molar refractivity (Wildman–Crippen MR) is 95.2 cm³/mol. The van der Waals surface area contributed by atoms with Crippen LogP contribution in [0.1, 0.15) is 10.4 Å². The molecule has 1 aromatic rings. The molecule has 1 aromatic carbocycles. The van der Waals surface area contributed by atoms with Crippen molar-refractivity contribution in [2.24, 2.45) is 0 Å². The van der Waals surface area contributed by atoms with Crippen molar-refractivity contribution in [2.75, 3.05) is 59.5 Å². The van der Waals surface area contributed by atoms with Crippen LogP contribution in [0.25, 0.3) is 0 Å². The van der Waals surface area contributed by atoms with Crippen molar-refractivity contribution < 1.29 is 33.3 Å². The second-order valence-corrected chi connectivity index (χ2v) is 5.03. The van der Waals surface area contributed by atoms with E-state index in [0.29, 0.717) is 51.8 Å². The van der Waals surface area contributed by atoms with E-state index in [2.05, 4.69) is 6.58 Å². The minimum atomic E-state index is -0.884. The second-order valence-electron chi connectivity index (χ2n) is 5.03. The van der Waals surface area contributed by atoms with Crippen LogP contribution in [0.5, 0.6) is 0 Å². The Bertz CT molecular complexity index is 516. The molecular weight excluding hydrogens is 340 g/mol. The van der Waals surface area contributed by atoms with Crippen LogP contribution in [0, 0.1) is 0 Å². The van der Waals surface area contributed by atoms with Crippen molar-refractivity contribution in [1.29, 1.82) is 0 Å². The second kappa shape index (κ2) is 15.2. The van der Waals surface area contributed by atoms with Gasteiger partial charge >= 0.3 is 5.97 Å². The molecule has 0 N–H and O–H groups in total. The van der Waals surface area contributed by atoms with Crippen LogP contribution in [0.2, 0.25) is 0 Å². The molecule has 0 aliphatic rings. The van der Waals surface area contributed by atoms with Crippen molar-refractivity contribution in [3.05, 3.63) is 48.6 Å². The molecule has 0 aromatic heterocycles. The van der Waals surface area contributed by atoms with Gasteiger partial charge in [0.1, 0.15) is 6.61 Å². The van der Waals surface area contributed by atoms with Crippen LogP contribution >= 0.6 is 0 Å². The number of hydrogen-bond acceptors (Lipinski definition) is 7. The van der Waals surface area contributed by atoms with E-state index in [4.69, 9.17) is 23.7 Å². The Morgan fingerprint density at radius 1 is 0.769 bits per heavy atom. The topological polar surface area (TPSA) is 80.3 Å². The van der Waals surface area contributed by atoms with Gasteiger partial charge in [0.25, 0.3) is 5.78 Å². The average molecular weight is 366 g/mol. The Balaban J connectivity index is 1.88. The van der Waals surface area contributed by atoms with Crippen molar-refractivity contribution in [1.82, 2.24) is 0 Å². The highest BCUT2D eigenvalue weighted by atomic mass is 16.6. The number of ether oxygens (including phenoxy) is 5. The molecule has 0 aliphatic heterocycles. The molecular formula is C19H26O7. The fourth-order valence-corrected chi connectivity index (χ4v) is 1.79. The zero-order chi connectivity index (χ0) is 18.9. The number of carbonyl (C=O) groups is 2. The molecule has 0 bridgehead atoms. The number of ketones is 1. The van der Waals surface area contributed by atoms with E-state index in [9.17, 15) is 9.59 Å². The first-order valence-corrected chi connectivity index (χ1v) is 8.44. The lowest BCUT2D eigenvalue weighted by molar-refractivity contribution is -0.139. The van der Waals surface area contributed by atoms with Crippen molar-refractivity contribution in [2.45, 2.75) is 0 Å². The molecule has 0 spiro atoms. The maximum absolute atomic E-state index is 11.8. The average Bonchev–Trinajstić information content (AvgIpc) is 2.68. The monoisotopic (exact) mass is 366 g/mol. The molecule has 7 nitrogen and oxygen atoms in total. The first-order valence-electron chi connectivity index (χ1n) is 8.44. The normalized spacial score (nSPS) is 10.5. The maximum atomic E-state index is 11.8. The fourth-order valence-electron chi connectivity index (χ4n) is 1.79. The molecule has 26 heavy (non-hydrogen) atoms. The summed E-state index contributed by atoms with van der Waals surface area (Å²) >= 11 is 0. The maximum Gasteiger partial charge on any atom is 0.379 e. The summed E-state index contributed by atoms with van der Waals surface area (Å²) in [4.78, 5) is 23.3. The van der Waals surface area contributed by atoms with E-state index in [-0.39, 0.29) is 13.2 Å². The summed E-state index contributed by atoms with van der Waals surface area (Å²) in [6.45, 7) is 7.06. The van der Waals surface area contributed by atoms with Gasteiger partial charge in [-0.15, -0.1) is 6.58 Å². The van der Waals surface area contributed by atoms with Gasteiger partial charge < -0.3 is 23.7 Å². The Labute approximate surface area is 153 Å². The zero-order valence-electron chi connectivity index (χ0n) is 14.9. The standard InChI is InChI=1S/C19H26O7/c1-2-8-22-9-10-23-11-12-24-13-14-25-15-16-26-19(21)18(20)17-6-4-3-5-7-17/h2-7H,1,8-16H2. The highest BCUT2D eigenvalue weighted by Crippen LogP contribution is 2.01. The quantitative estimate of drug-likeness (QED) is 0.145. The number of esters is 1. The molecule has 0 unspecified atom stereocenters. The zero-order valence-corrected chi connectivity index (χ0v) is 14.9. The summed E-state index contributed by atoms with van der Waals surface area (Å²) in [5.74, 6) is -1.55. The van der Waals surface area contributed by atoms with Crippen LogP contribution < -0.4 is 0 Å². The molecule has 0 amide bonds. The minimum absolute atomic E-state index is 0.0191. The molecule has 144 valence electrons. The number of carbonyl (C=O) groups excluding carboxylic acids is 2. The highest BCUT2D eigenvalue weighted by Gasteiger charge is 2.16. The third-order valence-corrected chi connectivity index (χ3v) is 3.03. The van der Waals surface area contributed by atoms with E-state index in [1.54, 1.807) is 36.4 Å². The molecule has 0 saturated heterocycles. The van der Waals surface area contributed by atoms with Crippen LogP contribution in [0.3, 0.4) is 0 Å². The lowest BCUT2D eigenvalue weighted by Crippen LogP contribution is -2.20. The number of rotatable bonds is 16. The van der Waals surface area contributed by atoms with Crippen LogP contribution in [-0.4, -0.2) is 71.2 Å². The lowest BCUT2D eigenvalue weighted by atomic mass is 10.1. The number of hydrogen-bond donors (Lipinski definition) is 0. The largest absolute Gasteiger partial charge is 0.457 e. The number of Topliss-reactive ketones (excluding diaryl/α,β-unsaturated/α-hetero) is 1. The van der Waals surface area contributed by atoms with Crippen molar-refractivity contribution >= 4 is 11.8 Å². The van der Waals surface area contributed by atoms with E-state index >= 15 is 0 Å². The molecule has 7 heteroatoms. The molecule has 0 atom stereocenters. The van der Waals surface area contributed by atoms with Gasteiger partial charge in [0.05, 0.1) is 52.9 Å². The molecule has 0 fully saturated rings. The van der Waals surface area contributed by atoms with E-state index in [1.807, 2.05) is 0 Å². The summed E-state index contributed by atoms with van der Waals surface area (Å²) < 4.78 is 25.9. The Hall–Kier alpha value is -2.06. The molecule has 1 rings (SSSR count). The Kier molecular flexibility index (Phi) is 12.9. The summed E-state index contributed by atoms with van der Waals surface area (Å²) in [6, 6.07) is 8.27. The van der Waals surface area contributed by atoms with Gasteiger partial charge in [0.15, 0.2) is 0 Å². The molecule has 0 aliphatic carbocycles. The van der Waals surface area contributed by atoms with Crippen LogP contribution in [-0.2, 0) is 28.5 Å². The van der Waals surface area contributed by atoms with Gasteiger partial charge in [0, 0.05) is 5.56 Å². The third-order valence-electron chi connectivity index (χ3n) is 3.03. The summed E-state index contributed by atoms with van der Waals surface area (Å²) in [5.41, 5.74) is 0.307.